The minimum Gasteiger partial charge on any atom is -0.194 e. The lowest BCUT2D eigenvalue weighted by atomic mass is 9.63. The molecule has 0 amide bonds. The van der Waals surface area contributed by atoms with Crippen molar-refractivity contribution >= 4 is 16.7 Å². The van der Waals surface area contributed by atoms with E-state index in [2.05, 4.69) is 0 Å². The van der Waals surface area contributed by atoms with Gasteiger partial charge in [0.1, 0.15) is 0 Å². The maximum Gasteiger partial charge on any atom is 0.380 e. The molecule has 1 atom stereocenters. The Labute approximate surface area is 163 Å². The van der Waals surface area contributed by atoms with Gasteiger partial charge in [-0.25, -0.2) is 0 Å². The molecule has 1 saturated carbocycles. The monoisotopic (exact) mass is 416 g/mol. The average Bonchev–Trinajstić information content (AvgIpc) is 3.01. The Morgan fingerprint density at radius 1 is 0.786 bits per heavy atom. The molecule has 0 radical (unpaired) electrons. The molecule has 28 heavy (non-hydrogen) atoms. The normalized spacial score (nSPS) is 31.6. The van der Waals surface area contributed by atoms with Crippen LogP contribution in [0.25, 0.3) is 4.91 Å². The van der Waals surface area contributed by atoms with Gasteiger partial charge >= 0.3 is 17.8 Å². The Morgan fingerprint density at radius 3 is 1.89 bits per heavy atom. The lowest BCUT2D eigenvalue weighted by molar-refractivity contribution is -0.258. The highest BCUT2D eigenvalue weighted by Gasteiger charge is 2.83. The third-order valence-corrected chi connectivity index (χ3v) is 8.31. The van der Waals surface area contributed by atoms with Crippen LogP contribution in [0.3, 0.4) is 0 Å². The van der Waals surface area contributed by atoms with Gasteiger partial charge in [0.2, 0.25) is 0 Å². The number of fused-ring (bicyclic) bond motifs is 2. The van der Waals surface area contributed by atoms with Gasteiger partial charge in [0, 0.05) is 21.5 Å². The molecule has 0 saturated heterocycles. The quantitative estimate of drug-likeness (QED) is 0.440. The number of rotatable bonds is 1. The van der Waals surface area contributed by atoms with Crippen molar-refractivity contribution in [2.24, 2.45) is 5.41 Å². The molecule has 0 spiro atoms. The van der Waals surface area contributed by atoms with Gasteiger partial charge < -0.3 is 0 Å². The summed E-state index contributed by atoms with van der Waals surface area (Å²) in [6.45, 7) is 6.22. The molecule has 0 nitrogen and oxygen atoms in total. The van der Waals surface area contributed by atoms with Crippen LogP contribution in [0.4, 0.5) is 26.3 Å². The van der Waals surface area contributed by atoms with Gasteiger partial charge in [-0.15, -0.1) is 11.8 Å². The van der Waals surface area contributed by atoms with Gasteiger partial charge in [0.15, 0.2) is 0 Å². The van der Waals surface area contributed by atoms with Crippen molar-refractivity contribution in [2.45, 2.75) is 50.2 Å². The zero-order chi connectivity index (χ0) is 20.9. The van der Waals surface area contributed by atoms with Gasteiger partial charge in [0.05, 0.1) is 4.75 Å². The molecule has 0 N–H and O–H groups in total. The Hall–Kier alpha value is -1.63. The first-order chi connectivity index (χ1) is 12.7. The molecule has 0 bridgehead atoms. The smallest absolute Gasteiger partial charge is 0.194 e. The first kappa shape index (κ1) is 19.7. The summed E-state index contributed by atoms with van der Waals surface area (Å²) < 4.78 is 86.1. The van der Waals surface area contributed by atoms with E-state index in [-0.39, 0.29) is 11.1 Å². The zero-order valence-corrected chi connectivity index (χ0v) is 16.5. The molecule has 1 heterocycles. The second kappa shape index (κ2) is 5.29. The number of hydrogen-bond acceptors (Lipinski definition) is 1. The van der Waals surface area contributed by atoms with E-state index >= 15 is 0 Å². The maximum absolute atomic E-state index is 14.8. The van der Waals surface area contributed by atoms with E-state index < -0.39 is 39.1 Å². The summed E-state index contributed by atoms with van der Waals surface area (Å²) in [6.07, 6.45) is 1.38. The minimum atomic E-state index is -5.48. The molecular weight excluding hydrogens is 398 g/mol. The van der Waals surface area contributed by atoms with Crippen molar-refractivity contribution in [3.8, 4) is 0 Å². The molecule has 4 rings (SSSR count). The summed E-state index contributed by atoms with van der Waals surface area (Å²) in [5.41, 5.74) is -2.98. The van der Waals surface area contributed by atoms with Gasteiger partial charge in [-0.1, -0.05) is 49.8 Å². The Balaban J connectivity index is 2.09. The van der Waals surface area contributed by atoms with E-state index in [1.807, 2.05) is 0 Å². The standard InChI is InChI=1S/C21H18F6S/c1-11-15-16(20(24,25)21(26,27)19(15,22)23)13-10-14(12-8-6-5-7-9-12)28-18(13,4)17(11,2)3/h5-10H,1-4H3. The summed E-state index contributed by atoms with van der Waals surface area (Å²) in [5, 5.41) is 0. The van der Waals surface area contributed by atoms with Crippen molar-refractivity contribution in [3.05, 3.63) is 64.3 Å². The van der Waals surface area contributed by atoms with Crippen LogP contribution in [0.2, 0.25) is 0 Å². The summed E-state index contributed by atoms with van der Waals surface area (Å²) in [7, 11) is 0. The third-order valence-electron chi connectivity index (χ3n) is 6.60. The fraction of sp³-hybridized carbons (Fsp3) is 0.429. The molecule has 0 aromatic heterocycles. The lowest BCUT2D eigenvalue weighted by Crippen LogP contribution is -2.47. The Kier molecular flexibility index (Phi) is 3.72. The molecule has 1 unspecified atom stereocenters. The van der Waals surface area contributed by atoms with Crippen LogP contribution in [-0.4, -0.2) is 22.5 Å². The van der Waals surface area contributed by atoms with Crippen molar-refractivity contribution in [2.75, 3.05) is 0 Å². The molecule has 3 aliphatic rings. The third kappa shape index (κ3) is 1.96. The molecule has 1 fully saturated rings. The van der Waals surface area contributed by atoms with Gasteiger partial charge in [-0.2, -0.15) is 26.3 Å². The van der Waals surface area contributed by atoms with Crippen LogP contribution < -0.4 is 0 Å². The fourth-order valence-corrected chi connectivity index (χ4v) is 5.86. The van der Waals surface area contributed by atoms with Crippen LogP contribution in [-0.2, 0) is 0 Å². The highest BCUT2D eigenvalue weighted by atomic mass is 32.2. The van der Waals surface area contributed by atoms with Gasteiger partial charge in [0.25, 0.3) is 0 Å². The number of hydrogen-bond donors (Lipinski definition) is 0. The van der Waals surface area contributed by atoms with Gasteiger partial charge in [-0.3, -0.25) is 0 Å². The van der Waals surface area contributed by atoms with E-state index in [9.17, 15) is 26.3 Å². The largest absolute Gasteiger partial charge is 0.380 e. The van der Waals surface area contributed by atoms with E-state index in [0.29, 0.717) is 4.91 Å². The van der Waals surface area contributed by atoms with Crippen molar-refractivity contribution in [1.29, 1.82) is 0 Å². The van der Waals surface area contributed by atoms with Crippen LogP contribution in [0, 0.1) is 5.41 Å². The average molecular weight is 416 g/mol. The summed E-state index contributed by atoms with van der Waals surface area (Å²) in [4.78, 5) is 0.599. The van der Waals surface area contributed by atoms with Crippen LogP contribution in [0.5, 0.6) is 0 Å². The van der Waals surface area contributed by atoms with E-state index in [1.54, 1.807) is 51.1 Å². The minimum absolute atomic E-state index is 0.120. The lowest BCUT2D eigenvalue weighted by Gasteiger charge is -2.48. The van der Waals surface area contributed by atoms with Crippen LogP contribution in [0.15, 0.2) is 58.7 Å². The molecule has 7 heteroatoms. The first-order valence-corrected chi connectivity index (χ1v) is 9.60. The molecular formula is C21H18F6S. The molecule has 1 aromatic carbocycles. The number of allylic oxidation sites excluding steroid dienone is 4. The SMILES string of the molecule is CC1=C2C(=C3C=C(c4ccccc4)SC3(C)C1(C)C)C(F)(F)C(F)(F)C2(F)F. The highest BCUT2D eigenvalue weighted by molar-refractivity contribution is 8.10. The Bertz CT molecular complexity index is 968. The van der Waals surface area contributed by atoms with Crippen molar-refractivity contribution in [1.82, 2.24) is 0 Å². The Morgan fingerprint density at radius 2 is 1.32 bits per heavy atom. The summed E-state index contributed by atoms with van der Waals surface area (Å²) >= 11 is 1.26. The number of thioether (sulfide) groups is 1. The van der Waals surface area contributed by atoms with Crippen LogP contribution in [0.1, 0.15) is 33.3 Å². The first-order valence-electron chi connectivity index (χ1n) is 8.78. The van der Waals surface area contributed by atoms with Crippen LogP contribution >= 0.6 is 11.8 Å². The predicted molar refractivity (Wildman–Crippen MR) is 98.8 cm³/mol. The molecule has 2 aliphatic carbocycles. The van der Waals surface area contributed by atoms with E-state index in [0.717, 1.165) is 5.56 Å². The molecule has 1 aromatic rings. The summed E-state index contributed by atoms with van der Waals surface area (Å²) in [6, 6.07) is 8.88. The molecule has 1 aliphatic heterocycles. The van der Waals surface area contributed by atoms with Crippen molar-refractivity contribution in [3.63, 3.8) is 0 Å². The number of alkyl halides is 6. The van der Waals surface area contributed by atoms with Crippen molar-refractivity contribution < 1.29 is 26.3 Å². The van der Waals surface area contributed by atoms with E-state index in [1.165, 1.54) is 24.8 Å². The second-order valence-electron chi connectivity index (χ2n) is 8.15. The highest BCUT2D eigenvalue weighted by Crippen LogP contribution is 2.72. The number of benzene rings is 1. The predicted octanol–water partition coefficient (Wildman–Crippen LogP) is 7.11. The number of halogens is 6. The molecule has 150 valence electrons. The van der Waals surface area contributed by atoms with Gasteiger partial charge in [-0.05, 0) is 31.1 Å². The fourth-order valence-electron chi connectivity index (χ4n) is 4.32. The van der Waals surface area contributed by atoms with E-state index in [4.69, 9.17) is 0 Å². The maximum atomic E-state index is 14.8. The summed E-state index contributed by atoms with van der Waals surface area (Å²) in [5.74, 6) is -15.4. The second-order valence-corrected chi connectivity index (χ2v) is 9.61. The topological polar surface area (TPSA) is 0 Å². The zero-order valence-electron chi connectivity index (χ0n) is 15.6.